The largest absolute Gasteiger partial charge is 0.356 e. The van der Waals surface area contributed by atoms with Crippen LogP contribution >= 0.6 is 11.3 Å². The fourth-order valence-electron chi connectivity index (χ4n) is 2.78. The van der Waals surface area contributed by atoms with E-state index in [1.165, 1.54) is 21.7 Å². The second-order valence-electron chi connectivity index (χ2n) is 6.50. The Kier molecular flexibility index (Phi) is 8.60. The highest BCUT2D eigenvalue weighted by atomic mass is 32.2. The highest BCUT2D eigenvalue weighted by Crippen LogP contribution is 2.25. The van der Waals surface area contributed by atoms with Gasteiger partial charge in [0.2, 0.25) is 0 Å². The summed E-state index contributed by atoms with van der Waals surface area (Å²) in [5, 5.41) is 6.35. The van der Waals surface area contributed by atoms with Crippen LogP contribution in [0.1, 0.15) is 29.9 Å². The molecule has 0 saturated carbocycles. The SMILES string of the molecule is CCN(CC)S(=O)(=O)c1ccc(CCNC(=NC)NCc2ccc(C)c(F)c2)s1. The molecule has 0 amide bonds. The van der Waals surface area contributed by atoms with E-state index < -0.39 is 10.0 Å². The quantitative estimate of drug-likeness (QED) is 0.464. The summed E-state index contributed by atoms with van der Waals surface area (Å²) in [4.78, 5) is 5.15. The van der Waals surface area contributed by atoms with E-state index in [9.17, 15) is 12.8 Å². The van der Waals surface area contributed by atoms with Crippen molar-refractivity contribution in [3.05, 3.63) is 52.2 Å². The Morgan fingerprint density at radius 3 is 2.52 bits per heavy atom. The number of sulfonamides is 1. The predicted octanol–water partition coefficient (Wildman–Crippen LogP) is 3.13. The Bertz CT molecular complexity index is 938. The summed E-state index contributed by atoms with van der Waals surface area (Å²) in [5.41, 5.74) is 1.45. The molecule has 0 aliphatic heterocycles. The number of benzene rings is 1. The molecular weight excluding hydrogens is 411 g/mol. The van der Waals surface area contributed by atoms with Crippen molar-refractivity contribution in [1.29, 1.82) is 0 Å². The summed E-state index contributed by atoms with van der Waals surface area (Å²) in [7, 11) is -1.74. The average molecular weight is 441 g/mol. The fraction of sp³-hybridized carbons (Fsp3) is 0.450. The molecule has 0 unspecified atom stereocenters. The number of hydrogen-bond donors (Lipinski definition) is 2. The third-order valence-electron chi connectivity index (χ3n) is 4.52. The van der Waals surface area contributed by atoms with E-state index in [1.807, 2.05) is 26.0 Å². The molecule has 0 bridgehead atoms. The third kappa shape index (κ3) is 6.25. The molecule has 29 heavy (non-hydrogen) atoms. The molecule has 0 aliphatic carbocycles. The lowest BCUT2D eigenvalue weighted by molar-refractivity contribution is 0.447. The van der Waals surface area contributed by atoms with Crippen molar-refractivity contribution in [2.45, 2.75) is 37.9 Å². The van der Waals surface area contributed by atoms with Gasteiger partial charge in [-0.2, -0.15) is 4.31 Å². The van der Waals surface area contributed by atoms with Crippen LogP contribution in [0.25, 0.3) is 0 Å². The van der Waals surface area contributed by atoms with Crippen LogP contribution in [-0.4, -0.2) is 45.4 Å². The molecule has 1 aromatic heterocycles. The molecule has 2 N–H and O–H groups in total. The first kappa shape index (κ1) is 23.3. The zero-order valence-corrected chi connectivity index (χ0v) is 19.0. The lowest BCUT2D eigenvalue weighted by Crippen LogP contribution is -2.37. The maximum Gasteiger partial charge on any atom is 0.252 e. The number of thiophene rings is 1. The molecule has 9 heteroatoms. The minimum atomic E-state index is -3.41. The molecule has 2 aromatic rings. The van der Waals surface area contributed by atoms with Gasteiger partial charge in [-0.05, 0) is 42.7 Å². The standard InChI is InChI=1S/C20H29FN4O2S2/c1-5-25(6-2)29(26,27)19-10-9-17(28-19)11-12-23-20(22-4)24-14-16-8-7-15(3)18(21)13-16/h7-10,13H,5-6,11-12,14H2,1-4H3,(H2,22,23,24). The first-order valence-electron chi connectivity index (χ1n) is 9.60. The molecule has 0 radical (unpaired) electrons. The fourth-order valence-corrected chi connectivity index (χ4v) is 5.75. The van der Waals surface area contributed by atoms with E-state index in [0.717, 1.165) is 10.4 Å². The van der Waals surface area contributed by atoms with Crippen molar-refractivity contribution in [3.63, 3.8) is 0 Å². The predicted molar refractivity (Wildman–Crippen MR) is 117 cm³/mol. The van der Waals surface area contributed by atoms with E-state index in [-0.39, 0.29) is 5.82 Å². The maximum absolute atomic E-state index is 13.6. The molecule has 0 saturated heterocycles. The van der Waals surface area contributed by atoms with Gasteiger partial charge in [0.05, 0.1) is 0 Å². The van der Waals surface area contributed by atoms with E-state index >= 15 is 0 Å². The molecule has 6 nitrogen and oxygen atoms in total. The van der Waals surface area contributed by atoms with Crippen molar-refractivity contribution in [2.24, 2.45) is 4.99 Å². The van der Waals surface area contributed by atoms with Crippen molar-refractivity contribution >= 4 is 27.3 Å². The third-order valence-corrected chi connectivity index (χ3v) is 8.18. The summed E-state index contributed by atoms with van der Waals surface area (Å²) in [6, 6.07) is 8.67. The van der Waals surface area contributed by atoms with Crippen LogP contribution in [0.5, 0.6) is 0 Å². The second kappa shape index (κ2) is 10.7. The molecule has 0 spiro atoms. The van der Waals surface area contributed by atoms with Gasteiger partial charge in [0.25, 0.3) is 10.0 Å². The lowest BCUT2D eigenvalue weighted by atomic mass is 10.1. The number of nitrogens with zero attached hydrogens (tertiary/aromatic N) is 2. The van der Waals surface area contributed by atoms with Crippen LogP contribution in [0.4, 0.5) is 4.39 Å². The molecular formula is C20H29FN4O2S2. The van der Waals surface area contributed by atoms with E-state index in [0.29, 0.717) is 48.3 Å². The topological polar surface area (TPSA) is 73.8 Å². The van der Waals surface area contributed by atoms with Gasteiger partial charge in [-0.1, -0.05) is 26.0 Å². The Morgan fingerprint density at radius 2 is 1.90 bits per heavy atom. The van der Waals surface area contributed by atoms with Gasteiger partial charge in [-0.25, -0.2) is 12.8 Å². The van der Waals surface area contributed by atoms with Crippen molar-refractivity contribution in [1.82, 2.24) is 14.9 Å². The number of nitrogens with one attached hydrogen (secondary N) is 2. The van der Waals surface area contributed by atoms with Gasteiger partial charge in [-0.15, -0.1) is 11.3 Å². The van der Waals surface area contributed by atoms with E-state index in [1.54, 1.807) is 26.1 Å². The lowest BCUT2D eigenvalue weighted by Gasteiger charge is -2.16. The normalized spacial score (nSPS) is 12.4. The average Bonchev–Trinajstić information content (AvgIpc) is 3.17. The van der Waals surface area contributed by atoms with Gasteiger partial charge in [0, 0.05) is 38.1 Å². The summed E-state index contributed by atoms with van der Waals surface area (Å²) in [6.07, 6.45) is 0.679. The highest BCUT2D eigenvalue weighted by molar-refractivity contribution is 7.91. The summed E-state index contributed by atoms with van der Waals surface area (Å²) >= 11 is 1.30. The Morgan fingerprint density at radius 1 is 1.17 bits per heavy atom. The maximum atomic E-state index is 13.6. The van der Waals surface area contributed by atoms with Crippen molar-refractivity contribution < 1.29 is 12.8 Å². The van der Waals surface area contributed by atoms with Crippen LogP contribution in [-0.2, 0) is 23.0 Å². The summed E-state index contributed by atoms with van der Waals surface area (Å²) in [6.45, 7) is 7.39. The van der Waals surface area contributed by atoms with Gasteiger partial charge >= 0.3 is 0 Å². The summed E-state index contributed by atoms with van der Waals surface area (Å²) < 4.78 is 40.6. The number of halogens is 1. The Hall–Kier alpha value is -1.97. The van der Waals surface area contributed by atoms with E-state index in [2.05, 4.69) is 15.6 Å². The number of aryl methyl sites for hydroxylation is 1. The van der Waals surface area contributed by atoms with Gasteiger partial charge in [0.1, 0.15) is 10.0 Å². The molecule has 160 valence electrons. The van der Waals surface area contributed by atoms with Crippen LogP contribution in [0, 0.1) is 12.7 Å². The molecule has 1 heterocycles. The zero-order chi connectivity index (χ0) is 21.4. The molecule has 0 aliphatic rings. The number of guanidine groups is 1. The van der Waals surface area contributed by atoms with Crippen LogP contribution in [0.15, 0.2) is 39.5 Å². The highest BCUT2D eigenvalue weighted by Gasteiger charge is 2.23. The second-order valence-corrected chi connectivity index (χ2v) is 9.83. The number of rotatable bonds is 9. The Balaban J connectivity index is 1.87. The smallest absolute Gasteiger partial charge is 0.252 e. The van der Waals surface area contributed by atoms with Crippen molar-refractivity contribution in [3.8, 4) is 0 Å². The van der Waals surface area contributed by atoms with Gasteiger partial charge < -0.3 is 10.6 Å². The zero-order valence-electron chi connectivity index (χ0n) is 17.3. The minimum Gasteiger partial charge on any atom is -0.356 e. The van der Waals surface area contributed by atoms with Gasteiger partial charge in [-0.3, -0.25) is 4.99 Å². The first-order valence-corrected chi connectivity index (χ1v) is 11.9. The molecule has 0 atom stereocenters. The van der Waals surface area contributed by atoms with Crippen LogP contribution in [0.2, 0.25) is 0 Å². The van der Waals surface area contributed by atoms with E-state index in [4.69, 9.17) is 0 Å². The van der Waals surface area contributed by atoms with Crippen molar-refractivity contribution in [2.75, 3.05) is 26.7 Å². The summed E-state index contributed by atoms with van der Waals surface area (Å²) in [5.74, 6) is 0.388. The van der Waals surface area contributed by atoms with Gasteiger partial charge in [0.15, 0.2) is 5.96 Å². The number of aliphatic imine (C=N–C) groups is 1. The molecule has 0 fully saturated rings. The molecule has 1 aromatic carbocycles. The first-order chi connectivity index (χ1) is 13.8. The Labute approximate surface area is 176 Å². The monoisotopic (exact) mass is 440 g/mol. The minimum absolute atomic E-state index is 0.222. The van der Waals surface area contributed by atoms with Crippen LogP contribution < -0.4 is 10.6 Å². The number of hydrogen-bond acceptors (Lipinski definition) is 4. The van der Waals surface area contributed by atoms with Crippen LogP contribution in [0.3, 0.4) is 0 Å². The molecule has 2 rings (SSSR count).